The van der Waals surface area contributed by atoms with Crippen LogP contribution in [-0.4, -0.2) is 32.5 Å². The number of nitriles is 1. The molecule has 2 bridgehead atoms. The van der Waals surface area contributed by atoms with E-state index in [1.165, 1.54) is 6.33 Å². The molecule has 2 atom stereocenters. The van der Waals surface area contributed by atoms with E-state index in [4.69, 9.17) is 5.26 Å². The molecule has 0 unspecified atom stereocenters. The first kappa shape index (κ1) is 17.8. The third kappa shape index (κ3) is 3.34. The highest BCUT2D eigenvalue weighted by atomic mass is 16.1. The number of likely N-dealkylation sites (tertiary alicyclic amines) is 1. The van der Waals surface area contributed by atoms with E-state index in [9.17, 15) is 4.79 Å². The number of rotatable bonds is 3. The Morgan fingerprint density at radius 2 is 1.97 bits per heavy atom. The summed E-state index contributed by atoms with van der Waals surface area (Å²) in [4.78, 5) is 23.4. The van der Waals surface area contributed by atoms with Crippen LogP contribution in [0.3, 0.4) is 0 Å². The molecule has 6 nitrogen and oxygen atoms in total. The quantitative estimate of drug-likeness (QED) is 0.695. The monoisotopic (exact) mass is 383 g/mol. The first-order valence-corrected chi connectivity index (χ1v) is 9.92. The summed E-state index contributed by atoms with van der Waals surface area (Å²) in [6.07, 6.45) is 6.25. The van der Waals surface area contributed by atoms with Crippen molar-refractivity contribution in [1.82, 2.24) is 19.4 Å². The predicted octanol–water partition coefficient (Wildman–Crippen LogP) is 2.80. The molecule has 1 aromatic carbocycles. The molecule has 0 amide bonds. The zero-order chi connectivity index (χ0) is 19.8. The fourth-order valence-corrected chi connectivity index (χ4v) is 4.92. The van der Waals surface area contributed by atoms with Crippen molar-refractivity contribution in [2.75, 3.05) is 13.1 Å². The molecule has 2 aliphatic rings. The molecule has 6 heteroatoms. The lowest BCUT2D eigenvalue weighted by Gasteiger charge is -2.43. The largest absolute Gasteiger partial charge is 0.311 e. The minimum atomic E-state index is 0.0745. The summed E-state index contributed by atoms with van der Waals surface area (Å²) in [5.74, 6) is 0.756. The van der Waals surface area contributed by atoms with E-state index in [-0.39, 0.29) is 5.56 Å². The summed E-state index contributed by atoms with van der Waals surface area (Å²) in [6, 6.07) is 13.6. The Labute approximate surface area is 169 Å². The Hall–Kier alpha value is -3.30. The van der Waals surface area contributed by atoms with Crippen LogP contribution < -0.4 is 5.56 Å². The first-order valence-electron chi connectivity index (χ1n) is 9.92. The Balaban J connectivity index is 1.49. The van der Waals surface area contributed by atoms with Crippen LogP contribution in [0, 0.1) is 17.2 Å². The SMILES string of the molecule is N#Cc1cccc(CN2C[C@@H]3C[C@H](C2)c2c(-c4cncnc4)ccc(=O)n2C3)c1. The van der Waals surface area contributed by atoms with E-state index in [2.05, 4.69) is 27.0 Å². The maximum atomic E-state index is 12.6. The predicted molar refractivity (Wildman–Crippen MR) is 109 cm³/mol. The molecule has 1 fully saturated rings. The van der Waals surface area contributed by atoms with Crippen LogP contribution in [-0.2, 0) is 13.1 Å². The molecular formula is C23H21N5O. The van der Waals surface area contributed by atoms with E-state index >= 15 is 0 Å². The number of hydrogen-bond acceptors (Lipinski definition) is 5. The average molecular weight is 383 g/mol. The normalized spacial score (nSPS) is 20.7. The summed E-state index contributed by atoms with van der Waals surface area (Å²) in [5, 5.41) is 9.17. The molecule has 0 N–H and O–H groups in total. The number of benzene rings is 1. The van der Waals surface area contributed by atoms with Gasteiger partial charge in [-0.25, -0.2) is 9.97 Å². The van der Waals surface area contributed by atoms with E-state index in [0.717, 1.165) is 55.0 Å². The third-order valence-electron chi connectivity index (χ3n) is 6.00. The lowest BCUT2D eigenvalue weighted by Crippen LogP contribution is -2.47. The van der Waals surface area contributed by atoms with Crippen LogP contribution in [0.25, 0.3) is 11.1 Å². The minimum absolute atomic E-state index is 0.0745. The standard InChI is InChI=1S/C23H21N5O/c24-8-16-2-1-3-17(6-16)11-27-12-18-7-19(14-27)23-21(20-9-25-15-26-10-20)4-5-22(29)28(23)13-18/h1-6,9-10,15,18-19H,7,11-14H2/t18-,19+/m0/s1. The average Bonchev–Trinajstić information content (AvgIpc) is 2.75. The second kappa shape index (κ2) is 7.26. The van der Waals surface area contributed by atoms with Crippen molar-refractivity contribution in [2.45, 2.75) is 25.4 Å². The Morgan fingerprint density at radius 1 is 1.10 bits per heavy atom. The summed E-state index contributed by atoms with van der Waals surface area (Å²) >= 11 is 0. The molecule has 5 rings (SSSR count). The van der Waals surface area contributed by atoms with Crippen LogP contribution in [0.2, 0.25) is 0 Å². The van der Waals surface area contributed by atoms with Crippen LogP contribution in [0.5, 0.6) is 0 Å². The first-order chi connectivity index (χ1) is 14.2. The number of pyridine rings is 1. The maximum Gasteiger partial charge on any atom is 0.250 e. The highest BCUT2D eigenvalue weighted by Crippen LogP contribution is 2.39. The van der Waals surface area contributed by atoms with Crippen molar-refractivity contribution in [3.05, 3.63) is 82.3 Å². The molecule has 144 valence electrons. The van der Waals surface area contributed by atoms with Gasteiger partial charge in [-0.05, 0) is 36.1 Å². The highest BCUT2D eigenvalue weighted by Gasteiger charge is 2.36. The van der Waals surface area contributed by atoms with Gasteiger partial charge in [0.05, 0.1) is 11.6 Å². The summed E-state index contributed by atoms with van der Waals surface area (Å²) in [5.41, 5.74) is 5.05. The molecule has 2 aromatic heterocycles. The van der Waals surface area contributed by atoms with E-state index in [1.54, 1.807) is 6.07 Å². The van der Waals surface area contributed by atoms with Gasteiger partial charge < -0.3 is 4.57 Å². The van der Waals surface area contributed by atoms with Crippen LogP contribution in [0.15, 0.2) is 59.9 Å². The molecule has 2 aliphatic heterocycles. The Morgan fingerprint density at radius 3 is 2.79 bits per heavy atom. The van der Waals surface area contributed by atoms with Gasteiger partial charge in [-0.3, -0.25) is 9.69 Å². The molecule has 0 saturated carbocycles. The lowest BCUT2D eigenvalue weighted by atomic mass is 9.80. The molecule has 3 aromatic rings. The fraction of sp³-hybridized carbons (Fsp3) is 0.304. The van der Waals surface area contributed by atoms with Crippen LogP contribution in [0.1, 0.15) is 29.2 Å². The molecule has 0 spiro atoms. The molecule has 0 aliphatic carbocycles. The second-order valence-electron chi connectivity index (χ2n) is 8.01. The van der Waals surface area contributed by atoms with Gasteiger partial charge in [-0.1, -0.05) is 12.1 Å². The van der Waals surface area contributed by atoms with Gasteiger partial charge in [0.25, 0.3) is 5.56 Å². The Kier molecular flexibility index (Phi) is 4.45. The second-order valence-corrected chi connectivity index (χ2v) is 8.01. The summed E-state index contributed by atoms with van der Waals surface area (Å²) in [7, 11) is 0. The van der Waals surface area contributed by atoms with Gasteiger partial charge in [0.1, 0.15) is 6.33 Å². The Bertz CT molecular complexity index is 1150. The molecule has 1 saturated heterocycles. The van der Waals surface area contributed by atoms with Gasteiger partial charge >= 0.3 is 0 Å². The number of aromatic nitrogens is 3. The maximum absolute atomic E-state index is 12.6. The molecule has 29 heavy (non-hydrogen) atoms. The number of fused-ring (bicyclic) bond motifs is 4. The van der Waals surface area contributed by atoms with Crippen molar-refractivity contribution in [3.8, 4) is 17.2 Å². The van der Waals surface area contributed by atoms with Gasteiger partial charge in [0, 0.05) is 67.4 Å². The van der Waals surface area contributed by atoms with Crippen molar-refractivity contribution in [2.24, 2.45) is 5.92 Å². The van der Waals surface area contributed by atoms with E-state index < -0.39 is 0 Å². The van der Waals surface area contributed by atoms with Gasteiger partial charge in [0.2, 0.25) is 0 Å². The van der Waals surface area contributed by atoms with E-state index in [1.807, 2.05) is 41.2 Å². The molecule has 0 radical (unpaired) electrons. The zero-order valence-electron chi connectivity index (χ0n) is 16.0. The summed E-state index contributed by atoms with van der Waals surface area (Å²) < 4.78 is 1.97. The number of nitrogens with zero attached hydrogens (tertiary/aromatic N) is 5. The van der Waals surface area contributed by atoms with E-state index in [0.29, 0.717) is 17.4 Å². The van der Waals surface area contributed by atoms with Crippen molar-refractivity contribution < 1.29 is 0 Å². The summed E-state index contributed by atoms with van der Waals surface area (Å²) in [6.45, 7) is 3.44. The third-order valence-corrected chi connectivity index (χ3v) is 6.00. The zero-order valence-corrected chi connectivity index (χ0v) is 16.0. The van der Waals surface area contributed by atoms with Crippen LogP contribution in [0.4, 0.5) is 0 Å². The smallest absolute Gasteiger partial charge is 0.250 e. The van der Waals surface area contributed by atoms with Crippen molar-refractivity contribution in [3.63, 3.8) is 0 Å². The minimum Gasteiger partial charge on any atom is -0.311 e. The topological polar surface area (TPSA) is 74.8 Å². The highest BCUT2D eigenvalue weighted by molar-refractivity contribution is 5.65. The fourth-order valence-electron chi connectivity index (χ4n) is 4.92. The molecular weight excluding hydrogens is 362 g/mol. The van der Waals surface area contributed by atoms with Crippen molar-refractivity contribution in [1.29, 1.82) is 5.26 Å². The number of piperidine rings is 1. The lowest BCUT2D eigenvalue weighted by molar-refractivity contribution is 0.115. The van der Waals surface area contributed by atoms with Crippen LogP contribution >= 0.6 is 0 Å². The van der Waals surface area contributed by atoms with Gasteiger partial charge in [-0.15, -0.1) is 0 Å². The van der Waals surface area contributed by atoms with Gasteiger partial charge in [-0.2, -0.15) is 5.26 Å². The van der Waals surface area contributed by atoms with Gasteiger partial charge in [0.15, 0.2) is 0 Å². The molecule has 4 heterocycles. The number of hydrogen-bond donors (Lipinski definition) is 0. The van der Waals surface area contributed by atoms with Crippen molar-refractivity contribution >= 4 is 0 Å².